The van der Waals surface area contributed by atoms with E-state index in [1.54, 1.807) is 18.7 Å². The second kappa shape index (κ2) is 9.15. The lowest BCUT2D eigenvalue weighted by atomic mass is 10.1. The molecule has 2 amide bonds. The quantitative estimate of drug-likeness (QED) is 0.620. The van der Waals surface area contributed by atoms with Crippen LogP contribution < -0.4 is 10.6 Å². The van der Waals surface area contributed by atoms with E-state index in [4.69, 9.17) is 5.11 Å². The monoisotopic (exact) mass is 262 g/mol. The van der Waals surface area contributed by atoms with Gasteiger partial charge < -0.3 is 15.7 Å². The lowest BCUT2D eigenvalue weighted by molar-refractivity contribution is -0.141. The van der Waals surface area contributed by atoms with Crippen LogP contribution in [0.3, 0.4) is 0 Å². The molecule has 100 valence electrons. The van der Waals surface area contributed by atoms with Crippen LogP contribution in [-0.2, 0) is 4.79 Å². The third-order valence-electron chi connectivity index (χ3n) is 2.48. The lowest BCUT2D eigenvalue weighted by Crippen LogP contribution is -2.43. The van der Waals surface area contributed by atoms with Crippen LogP contribution in [0.15, 0.2) is 0 Å². The number of aliphatic carboxylic acids is 1. The summed E-state index contributed by atoms with van der Waals surface area (Å²) in [5.41, 5.74) is 0. The lowest BCUT2D eigenvalue weighted by Gasteiger charge is -2.16. The molecule has 0 rings (SSSR count). The highest BCUT2D eigenvalue weighted by atomic mass is 32.2. The number of hydrogen-bond donors (Lipinski definition) is 3. The zero-order valence-corrected chi connectivity index (χ0v) is 11.5. The Labute approximate surface area is 107 Å². The number of hydrogen-bond acceptors (Lipinski definition) is 3. The Balaban J connectivity index is 3.75. The van der Waals surface area contributed by atoms with Crippen LogP contribution in [0.2, 0.25) is 0 Å². The summed E-state index contributed by atoms with van der Waals surface area (Å²) in [6.07, 6.45) is 3.33. The molecule has 0 aromatic rings. The number of amides is 2. The molecular formula is C11H22N2O3S. The van der Waals surface area contributed by atoms with E-state index in [0.717, 1.165) is 12.2 Å². The summed E-state index contributed by atoms with van der Waals surface area (Å²) < 4.78 is 0. The third-order valence-corrected chi connectivity index (χ3v) is 3.22. The molecule has 5 nitrogen and oxygen atoms in total. The molecule has 0 aromatic carbocycles. The SMILES string of the molecule is CCC(CSC)NC(=O)NCCC(C)C(=O)O. The van der Waals surface area contributed by atoms with Crippen molar-refractivity contribution >= 4 is 23.8 Å². The van der Waals surface area contributed by atoms with E-state index in [2.05, 4.69) is 10.6 Å². The van der Waals surface area contributed by atoms with Gasteiger partial charge in [0.1, 0.15) is 0 Å². The van der Waals surface area contributed by atoms with E-state index in [9.17, 15) is 9.59 Å². The molecule has 0 fully saturated rings. The van der Waals surface area contributed by atoms with Crippen molar-refractivity contribution < 1.29 is 14.7 Å². The summed E-state index contributed by atoms with van der Waals surface area (Å²) in [6.45, 7) is 4.03. The van der Waals surface area contributed by atoms with Gasteiger partial charge in [0.05, 0.1) is 5.92 Å². The Morgan fingerprint density at radius 3 is 2.53 bits per heavy atom. The van der Waals surface area contributed by atoms with Gasteiger partial charge in [-0.25, -0.2) is 4.79 Å². The van der Waals surface area contributed by atoms with E-state index in [-0.39, 0.29) is 12.1 Å². The number of thioether (sulfide) groups is 1. The van der Waals surface area contributed by atoms with Crippen LogP contribution in [0.4, 0.5) is 4.79 Å². The zero-order chi connectivity index (χ0) is 13.3. The molecule has 0 saturated carbocycles. The summed E-state index contributed by atoms with van der Waals surface area (Å²) in [4.78, 5) is 22.0. The highest BCUT2D eigenvalue weighted by Crippen LogP contribution is 2.01. The maximum absolute atomic E-state index is 11.5. The Bertz CT molecular complexity index is 249. The molecular weight excluding hydrogens is 240 g/mol. The van der Waals surface area contributed by atoms with Gasteiger partial charge in [-0.3, -0.25) is 4.79 Å². The van der Waals surface area contributed by atoms with Crippen molar-refractivity contribution in [2.24, 2.45) is 5.92 Å². The summed E-state index contributed by atoms with van der Waals surface area (Å²) in [7, 11) is 0. The van der Waals surface area contributed by atoms with Crippen LogP contribution in [-0.4, -0.2) is 41.7 Å². The van der Waals surface area contributed by atoms with Gasteiger partial charge in [0.15, 0.2) is 0 Å². The van der Waals surface area contributed by atoms with E-state index >= 15 is 0 Å². The van der Waals surface area contributed by atoms with Crippen molar-refractivity contribution in [3.63, 3.8) is 0 Å². The maximum atomic E-state index is 11.5. The first-order chi connectivity index (χ1) is 8.01. The minimum Gasteiger partial charge on any atom is -0.481 e. The van der Waals surface area contributed by atoms with E-state index in [1.807, 2.05) is 13.2 Å². The Morgan fingerprint density at radius 2 is 2.06 bits per heavy atom. The van der Waals surface area contributed by atoms with Crippen molar-refractivity contribution in [2.75, 3.05) is 18.6 Å². The summed E-state index contributed by atoms with van der Waals surface area (Å²) in [5, 5.41) is 14.2. The van der Waals surface area contributed by atoms with Gasteiger partial charge in [-0.05, 0) is 19.1 Å². The van der Waals surface area contributed by atoms with Crippen LogP contribution in [0.5, 0.6) is 0 Å². The minimum atomic E-state index is -0.832. The molecule has 0 saturated heterocycles. The maximum Gasteiger partial charge on any atom is 0.315 e. The fourth-order valence-corrected chi connectivity index (χ4v) is 1.95. The molecule has 3 N–H and O–H groups in total. The molecule has 0 aromatic heterocycles. The molecule has 0 radical (unpaired) electrons. The van der Waals surface area contributed by atoms with Gasteiger partial charge in [0, 0.05) is 18.3 Å². The number of carboxylic acids is 1. The van der Waals surface area contributed by atoms with Crippen LogP contribution in [0, 0.1) is 5.92 Å². The van der Waals surface area contributed by atoms with Crippen molar-refractivity contribution in [2.45, 2.75) is 32.7 Å². The molecule has 0 aliphatic heterocycles. The average Bonchev–Trinajstić information content (AvgIpc) is 2.28. The van der Waals surface area contributed by atoms with Crippen molar-refractivity contribution in [1.82, 2.24) is 10.6 Å². The number of carbonyl (C=O) groups excluding carboxylic acids is 1. The van der Waals surface area contributed by atoms with Gasteiger partial charge in [0.25, 0.3) is 0 Å². The summed E-state index contributed by atoms with van der Waals surface area (Å²) >= 11 is 1.69. The summed E-state index contributed by atoms with van der Waals surface area (Å²) in [5.74, 6) is -0.375. The number of carboxylic acid groups (broad SMARTS) is 1. The van der Waals surface area contributed by atoms with Gasteiger partial charge >= 0.3 is 12.0 Å². The third kappa shape index (κ3) is 7.90. The van der Waals surface area contributed by atoms with Gasteiger partial charge in [-0.2, -0.15) is 11.8 Å². The van der Waals surface area contributed by atoms with Crippen molar-refractivity contribution in [3.05, 3.63) is 0 Å². The van der Waals surface area contributed by atoms with Crippen LogP contribution in [0.1, 0.15) is 26.7 Å². The zero-order valence-electron chi connectivity index (χ0n) is 10.7. The first-order valence-corrected chi connectivity index (χ1v) is 7.16. The fourth-order valence-electron chi connectivity index (χ4n) is 1.22. The number of rotatable bonds is 8. The van der Waals surface area contributed by atoms with Crippen LogP contribution >= 0.6 is 11.8 Å². The highest BCUT2D eigenvalue weighted by Gasteiger charge is 2.12. The predicted octanol–water partition coefficient (Wildman–Crippen LogP) is 1.54. The average molecular weight is 262 g/mol. The van der Waals surface area contributed by atoms with Crippen LogP contribution in [0.25, 0.3) is 0 Å². The molecule has 0 heterocycles. The van der Waals surface area contributed by atoms with E-state index < -0.39 is 11.9 Å². The first-order valence-electron chi connectivity index (χ1n) is 5.77. The second-order valence-corrected chi connectivity index (χ2v) is 4.90. The molecule has 0 spiro atoms. The Morgan fingerprint density at radius 1 is 1.41 bits per heavy atom. The molecule has 2 unspecified atom stereocenters. The molecule has 0 aliphatic rings. The normalized spacial score (nSPS) is 13.8. The Kier molecular flexibility index (Phi) is 8.66. The smallest absolute Gasteiger partial charge is 0.315 e. The van der Waals surface area contributed by atoms with Gasteiger partial charge in [-0.1, -0.05) is 13.8 Å². The molecule has 0 bridgehead atoms. The second-order valence-electron chi connectivity index (χ2n) is 3.99. The van der Waals surface area contributed by atoms with E-state index in [0.29, 0.717) is 13.0 Å². The largest absolute Gasteiger partial charge is 0.481 e. The summed E-state index contributed by atoms with van der Waals surface area (Å²) in [6, 6.07) is -0.0506. The molecule has 2 atom stereocenters. The highest BCUT2D eigenvalue weighted by molar-refractivity contribution is 7.98. The predicted molar refractivity (Wildman–Crippen MR) is 70.4 cm³/mol. The van der Waals surface area contributed by atoms with Crippen molar-refractivity contribution in [3.8, 4) is 0 Å². The number of urea groups is 1. The molecule has 0 aliphatic carbocycles. The van der Waals surface area contributed by atoms with E-state index in [1.165, 1.54) is 0 Å². The van der Waals surface area contributed by atoms with Gasteiger partial charge in [-0.15, -0.1) is 0 Å². The Hall–Kier alpha value is -0.910. The minimum absolute atomic E-state index is 0.168. The fraction of sp³-hybridized carbons (Fsp3) is 0.818. The van der Waals surface area contributed by atoms with Gasteiger partial charge in [0.2, 0.25) is 0 Å². The molecule has 6 heteroatoms. The first kappa shape index (κ1) is 16.1. The standard InChI is InChI=1S/C11H22N2O3S/c1-4-9(7-17-3)13-11(16)12-6-5-8(2)10(14)15/h8-9H,4-7H2,1-3H3,(H,14,15)(H2,12,13,16). The van der Waals surface area contributed by atoms with Crippen molar-refractivity contribution in [1.29, 1.82) is 0 Å². The number of nitrogens with one attached hydrogen (secondary N) is 2. The number of carbonyl (C=O) groups is 2. The topological polar surface area (TPSA) is 78.4 Å². The molecule has 17 heavy (non-hydrogen) atoms.